The second-order valence-electron chi connectivity index (χ2n) is 5.56. The third-order valence-electron chi connectivity index (χ3n) is 3.74. The van der Waals surface area contributed by atoms with E-state index in [9.17, 15) is 4.79 Å². The van der Waals surface area contributed by atoms with Crippen molar-refractivity contribution in [3.05, 3.63) is 60.2 Å². The zero-order chi connectivity index (χ0) is 18.8. The minimum atomic E-state index is 0.466. The Kier molecular flexibility index (Phi) is 7.55. The van der Waals surface area contributed by atoms with Crippen molar-refractivity contribution in [3.63, 3.8) is 0 Å². The summed E-state index contributed by atoms with van der Waals surface area (Å²) in [4.78, 5) is 10.8. The van der Waals surface area contributed by atoms with Crippen molar-refractivity contribution < 1.29 is 23.7 Å². The molecule has 5 nitrogen and oxygen atoms in total. The molecule has 0 saturated heterocycles. The summed E-state index contributed by atoms with van der Waals surface area (Å²) >= 11 is 0. The Balaban J connectivity index is 1.84. The fourth-order valence-electron chi connectivity index (χ4n) is 2.42. The predicted octanol–water partition coefficient (Wildman–Crippen LogP) is 4.09. The van der Waals surface area contributed by atoms with Crippen LogP contribution in [0.4, 0.5) is 0 Å². The lowest BCUT2D eigenvalue weighted by Crippen LogP contribution is -2.06. The summed E-state index contributed by atoms with van der Waals surface area (Å²) in [6, 6.07) is 10.9. The first-order valence-corrected chi connectivity index (χ1v) is 8.38. The van der Waals surface area contributed by atoms with E-state index in [-0.39, 0.29) is 0 Å². The minimum Gasteiger partial charge on any atom is -0.493 e. The average Bonchev–Trinajstić information content (AvgIpc) is 2.68. The lowest BCUT2D eigenvalue weighted by molar-refractivity contribution is 0.112. The largest absolute Gasteiger partial charge is 0.493 e. The summed E-state index contributed by atoms with van der Waals surface area (Å²) in [6.45, 7) is 4.70. The molecular formula is C21H24O5. The van der Waals surface area contributed by atoms with Gasteiger partial charge in [0, 0.05) is 12.0 Å². The lowest BCUT2D eigenvalue weighted by atomic mass is 10.1. The Hall–Kier alpha value is -2.95. The highest BCUT2D eigenvalue weighted by molar-refractivity contribution is 5.76. The molecule has 0 N–H and O–H groups in total. The highest BCUT2D eigenvalue weighted by atomic mass is 16.5. The van der Waals surface area contributed by atoms with Crippen LogP contribution in [0.2, 0.25) is 0 Å². The molecule has 26 heavy (non-hydrogen) atoms. The SMILES string of the molecule is C=CCc1ccc(OCCCOc2ccc(C=O)cc2OC)c(OC)c1. The fourth-order valence-corrected chi connectivity index (χ4v) is 2.42. The zero-order valence-corrected chi connectivity index (χ0v) is 15.2. The Morgan fingerprint density at radius 2 is 1.50 bits per heavy atom. The second kappa shape index (κ2) is 10.1. The van der Waals surface area contributed by atoms with E-state index in [0.29, 0.717) is 48.2 Å². The number of ether oxygens (including phenoxy) is 4. The van der Waals surface area contributed by atoms with Gasteiger partial charge in [-0.15, -0.1) is 6.58 Å². The number of allylic oxidation sites excluding steroid dienone is 1. The number of hydrogen-bond acceptors (Lipinski definition) is 5. The van der Waals surface area contributed by atoms with Crippen molar-refractivity contribution in [3.8, 4) is 23.0 Å². The normalized spacial score (nSPS) is 10.1. The number of methoxy groups -OCH3 is 2. The minimum absolute atomic E-state index is 0.466. The Morgan fingerprint density at radius 1 is 0.885 bits per heavy atom. The molecule has 5 heteroatoms. The van der Waals surface area contributed by atoms with Crippen molar-refractivity contribution in [2.24, 2.45) is 0 Å². The van der Waals surface area contributed by atoms with Crippen LogP contribution < -0.4 is 18.9 Å². The Bertz CT molecular complexity index is 739. The molecular weight excluding hydrogens is 332 g/mol. The second-order valence-corrected chi connectivity index (χ2v) is 5.56. The van der Waals surface area contributed by atoms with Gasteiger partial charge in [0.15, 0.2) is 23.0 Å². The molecule has 2 aromatic rings. The Morgan fingerprint density at radius 3 is 2.08 bits per heavy atom. The summed E-state index contributed by atoms with van der Waals surface area (Å²) in [5.41, 5.74) is 1.67. The first-order valence-electron chi connectivity index (χ1n) is 8.38. The van der Waals surface area contributed by atoms with E-state index >= 15 is 0 Å². The molecule has 0 radical (unpaired) electrons. The maximum absolute atomic E-state index is 10.8. The van der Waals surface area contributed by atoms with Crippen LogP contribution in [0.3, 0.4) is 0 Å². The number of hydrogen-bond donors (Lipinski definition) is 0. The third-order valence-corrected chi connectivity index (χ3v) is 3.74. The molecule has 0 atom stereocenters. The van der Waals surface area contributed by atoms with Gasteiger partial charge >= 0.3 is 0 Å². The Labute approximate surface area is 154 Å². The van der Waals surface area contributed by atoms with Crippen LogP contribution in [-0.4, -0.2) is 33.7 Å². The van der Waals surface area contributed by atoms with Crippen LogP contribution in [0.1, 0.15) is 22.3 Å². The molecule has 2 rings (SSSR count). The average molecular weight is 356 g/mol. The van der Waals surface area contributed by atoms with Gasteiger partial charge < -0.3 is 18.9 Å². The zero-order valence-electron chi connectivity index (χ0n) is 15.2. The highest BCUT2D eigenvalue weighted by Crippen LogP contribution is 2.29. The van der Waals surface area contributed by atoms with Crippen molar-refractivity contribution in [1.29, 1.82) is 0 Å². The van der Waals surface area contributed by atoms with Gasteiger partial charge in [0.25, 0.3) is 0 Å². The molecule has 0 aliphatic heterocycles. The number of carbonyl (C=O) groups is 1. The summed E-state index contributed by atoms with van der Waals surface area (Å²) in [6.07, 6.45) is 4.10. The van der Waals surface area contributed by atoms with Crippen LogP contribution >= 0.6 is 0 Å². The maximum Gasteiger partial charge on any atom is 0.161 e. The van der Waals surface area contributed by atoms with Crippen LogP contribution in [0.25, 0.3) is 0 Å². The molecule has 0 aliphatic rings. The van der Waals surface area contributed by atoms with E-state index in [1.54, 1.807) is 32.4 Å². The third kappa shape index (κ3) is 5.28. The number of carbonyl (C=O) groups excluding carboxylic acids is 1. The highest BCUT2D eigenvalue weighted by Gasteiger charge is 2.07. The smallest absolute Gasteiger partial charge is 0.161 e. The fraction of sp³-hybridized carbons (Fsp3) is 0.286. The van der Waals surface area contributed by atoms with Gasteiger partial charge in [0.2, 0.25) is 0 Å². The molecule has 0 spiro atoms. The molecule has 0 unspecified atom stereocenters. The van der Waals surface area contributed by atoms with Gasteiger partial charge in [-0.1, -0.05) is 12.1 Å². The molecule has 0 aromatic heterocycles. The van der Waals surface area contributed by atoms with E-state index in [2.05, 4.69) is 6.58 Å². The molecule has 0 fully saturated rings. The number of benzene rings is 2. The maximum atomic E-state index is 10.8. The first-order chi connectivity index (χ1) is 12.7. The molecule has 0 amide bonds. The molecule has 138 valence electrons. The molecule has 0 heterocycles. The molecule has 0 bridgehead atoms. The topological polar surface area (TPSA) is 54.0 Å². The van der Waals surface area contributed by atoms with Crippen molar-refractivity contribution in [1.82, 2.24) is 0 Å². The van der Waals surface area contributed by atoms with Crippen molar-refractivity contribution >= 4 is 6.29 Å². The summed E-state index contributed by atoms with van der Waals surface area (Å²) in [5.74, 6) is 2.55. The van der Waals surface area contributed by atoms with Gasteiger partial charge in [0.1, 0.15) is 6.29 Å². The van der Waals surface area contributed by atoms with E-state index in [4.69, 9.17) is 18.9 Å². The van der Waals surface area contributed by atoms with Gasteiger partial charge in [-0.05, 0) is 42.3 Å². The standard InChI is InChI=1S/C21H24O5/c1-4-6-16-7-9-18(20(13-16)23-2)25-11-5-12-26-19-10-8-17(15-22)14-21(19)24-3/h4,7-10,13-15H,1,5-6,11-12H2,2-3H3. The van der Waals surface area contributed by atoms with Gasteiger partial charge in [-0.25, -0.2) is 0 Å². The van der Waals surface area contributed by atoms with Crippen LogP contribution in [-0.2, 0) is 6.42 Å². The van der Waals surface area contributed by atoms with Crippen molar-refractivity contribution in [2.75, 3.05) is 27.4 Å². The number of rotatable bonds is 11. The van der Waals surface area contributed by atoms with Crippen LogP contribution in [0, 0.1) is 0 Å². The van der Waals surface area contributed by atoms with E-state index in [0.717, 1.165) is 18.3 Å². The van der Waals surface area contributed by atoms with Gasteiger partial charge in [-0.3, -0.25) is 4.79 Å². The first kappa shape index (κ1) is 19.4. The predicted molar refractivity (Wildman–Crippen MR) is 101 cm³/mol. The monoisotopic (exact) mass is 356 g/mol. The van der Waals surface area contributed by atoms with Gasteiger partial charge in [-0.2, -0.15) is 0 Å². The van der Waals surface area contributed by atoms with E-state index < -0.39 is 0 Å². The van der Waals surface area contributed by atoms with E-state index in [1.807, 2.05) is 24.3 Å². The molecule has 0 aliphatic carbocycles. The lowest BCUT2D eigenvalue weighted by Gasteiger charge is -2.13. The quantitative estimate of drug-likeness (QED) is 0.345. The van der Waals surface area contributed by atoms with E-state index in [1.165, 1.54) is 0 Å². The summed E-state index contributed by atoms with van der Waals surface area (Å²) < 4.78 is 22.1. The molecule has 2 aromatic carbocycles. The summed E-state index contributed by atoms with van der Waals surface area (Å²) in [5, 5.41) is 0. The van der Waals surface area contributed by atoms with Crippen molar-refractivity contribution in [2.45, 2.75) is 12.8 Å². The number of aldehydes is 1. The van der Waals surface area contributed by atoms with Gasteiger partial charge in [0.05, 0.1) is 27.4 Å². The molecule has 0 saturated carbocycles. The van der Waals surface area contributed by atoms with Crippen LogP contribution in [0.5, 0.6) is 23.0 Å². The summed E-state index contributed by atoms with van der Waals surface area (Å²) in [7, 11) is 3.17. The van der Waals surface area contributed by atoms with Crippen LogP contribution in [0.15, 0.2) is 49.1 Å².